The van der Waals surface area contributed by atoms with Gasteiger partial charge in [-0.1, -0.05) is 0 Å². The van der Waals surface area contributed by atoms with Crippen molar-refractivity contribution in [2.75, 3.05) is 39.1 Å². The molecule has 122 valence electrons. The molecule has 5 nitrogen and oxygen atoms in total. The Morgan fingerprint density at radius 1 is 1.27 bits per heavy atom. The van der Waals surface area contributed by atoms with Gasteiger partial charge in [-0.05, 0) is 26.9 Å². The number of anilines is 1. The number of halogens is 2. The van der Waals surface area contributed by atoms with E-state index in [0.717, 1.165) is 31.6 Å². The SMILES string of the molecule is COc1c(F)cc(NC(=O)N2CCN(C)CCC2C)cc1F. The molecule has 1 aliphatic heterocycles. The van der Waals surface area contributed by atoms with Crippen molar-refractivity contribution in [3.05, 3.63) is 23.8 Å². The topological polar surface area (TPSA) is 44.8 Å². The zero-order valence-corrected chi connectivity index (χ0v) is 13.0. The van der Waals surface area contributed by atoms with Gasteiger partial charge in [-0.15, -0.1) is 0 Å². The van der Waals surface area contributed by atoms with Crippen LogP contribution in [0.4, 0.5) is 19.3 Å². The average Bonchev–Trinajstić information content (AvgIpc) is 2.60. The first-order chi connectivity index (χ1) is 10.4. The van der Waals surface area contributed by atoms with Gasteiger partial charge in [0.1, 0.15) is 0 Å². The molecule has 2 rings (SSSR count). The summed E-state index contributed by atoms with van der Waals surface area (Å²) >= 11 is 0. The molecule has 1 unspecified atom stereocenters. The van der Waals surface area contributed by atoms with Gasteiger partial charge in [0, 0.05) is 37.0 Å². The van der Waals surface area contributed by atoms with E-state index < -0.39 is 17.4 Å². The molecule has 1 N–H and O–H groups in total. The highest BCUT2D eigenvalue weighted by Crippen LogP contribution is 2.25. The quantitative estimate of drug-likeness (QED) is 0.912. The summed E-state index contributed by atoms with van der Waals surface area (Å²) in [5.74, 6) is -2.15. The molecule has 1 atom stereocenters. The van der Waals surface area contributed by atoms with Crippen LogP contribution in [0.3, 0.4) is 0 Å². The molecule has 0 bridgehead atoms. The first kappa shape index (κ1) is 16.5. The van der Waals surface area contributed by atoms with Gasteiger partial charge in [-0.3, -0.25) is 0 Å². The molecule has 1 fully saturated rings. The van der Waals surface area contributed by atoms with Crippen LogP contribution in [0.1, 0.15) is 13.3 Å². The summed E-state index contributed by atoms with van der Waals surface area (Å²) in [6.07, 6.45) is 0.856. The Hall–Kier alpha value is -1.89. The van der Waals surface area contributed by atoms with Crippen LogP contribution in [0.5, 0.6) is 5.75 Å². The van der Waals surface area contributed by atoms with Gasteiger partial charge in [-0.2, -0.15) is 0 Å². The van der Waals surface area contributed by atoms with Crippen LogP contribution in [0, 0.1) is 11.6 Å². The number of methoxy groups -OCH3 is 1. The van der Waals surface area contributed by atoms with Crippen LogP contribution in [0.15, 0.2) is 12.1 Å². The Kier molecular flexibility index (Phi) is 5.18. The molecule has 0 radical (unpaired) electrons. The van der Waals surface area contributed by atoms with Crippen molar-refractivity contribution in [2.24, 2.45) is 0 Å². The number of carbonyl (C=O) groups is 1. The number of rotatable bonds is 2. The third kappa shape index (κ3) is 3.65. The van der Waals surface area contributed by atoms with Crippen LogP contribution in [0.2, 0.25) is 0 Å². The number of ether oxygens (including phenoxy) is 1. The second-order valence-electron chi connectivity index (χ2n) is 5.54. The molecule has 1 aromatic rings. The van der Waals surface area contributed by atoms with E-state index in [1.54, 1.807) is 4.90 Å². The smallest absolute Gasteiger partial charge is 0.322 e. The minimum atomic E-state index is -0.846. The van der Waals surface area contributed by atoms with E-state index in [1.807, 2.05) is 14.0 Å². The molecular formula is C15H21F2N3O2. The summed E-state index contributed by atoms with van der Waals surface area (Å²) in [5, 5.41) is 2.55. The van der Waals surface area contributed by atoms with E-state index in [2.05, 4.69) is 15.0 Å². The molecule has 1 heterocycles. The van der Waals surface area contributed by atoms with Gasteiger partial charge in [-0.25, -0.2) is 13.6 Å². The van der Waals surface area contributed by atoms with Crippen molar-refractivity contribution < 1.29 is 18.3 Å². The van der Waals surface area contributed by atoms with Crippen LogP contribution >= 0.6 is 0 Å². The lowest BCUT2D eigenvalue weighted by Crippen LogP contribution is -2.42. The van der Waals surface area contributed by atoms with Crippen LogP contribution < -0.4 is 10.1 Å². The summed E-state index contributed by atoms with van der Waals surface area (Å²) < 4.78 is 31.9. The lowest BCUT2D eigenvalue weighted by atomic mass is 10.2. The van der Waals surface area contributed by atoms with Gasteiger partial charge >= 0.3 is 6.03 Å². The fraction of sp³-hybridized carbons (Fsp3) is 0.533. The molecule has 7 heteroatoms. The molecule has 0 saturated carbocycles. The number of hydrogen-bond donors (Lipinski definition) is 1. The molecular weight excluding hydrogens is 292 g/mol. The highest BCUT2D eigenvalue weighted by atomic mass is 19.1. The molecule has 22 heavy (non-hydrogen) atoms. The van der Waals surface area contributed by atoms with E-state index in [4.69, 9.17) is 0 Å². The van der Waals surface area contributed by atoms with Crippen molar-refractivity contribution in [3.63, 3.8) is 0 Å². The number of benzene rings is 1. The fourth-order valence-electron chi connectivity index (χ4n) is 2.50. The predicted octanol–water partition coefficient (Wildman–Crippen LogP) is 2.53. The summed E-state index contributed by atoms with van der Waals surface area (Å²) in [6, 6.07) is 1.81. The van der Waals surface area contributed by atoms with E-state index >= 15 is 0 Å². The maximum atomic E-state index is 13.7. The second kappa shape index (κ2) is 6.91. The van der Waals surface area contributed by atoms with Crippen LogP contribution in [0.25, 0.3) is 0 Å². The average molecular weight is 313 g/mol. The first-order valence-corrected chi connectivity index (χ1v) is 7.21. The van der Waals surface area contributed by atoms with Crippen LogP contribution in [-0.2, 0) is 0 Å². The number of hydrogen-bond acceptors (Lipinski definition) is 3. The van der Waals surface area contributed by atoms with Crippen molar-refractivity contribution in [1.29, 1.82) is 0 Å². The fourth-order valence-corrected chi connectivity index (χ4v) is 2.50. The van der Waals surface area contributed by atoms with Crippen LogP contribution in [-0.4, -0.2) is 55.7 Å². The number of nitrogens with one attached hydrogen (secondary N) is 1. The Balaban J connectivity index is 2.11. The summed E-state index contributed by atoms with van der Waals surface area (Å²) in [6.45, 7) is 4.22. The number of carbonyl (C=O) groups excluding carboxylic acids is 1. The lowest BCUT2D eigenvalue weighted by molar-refractivity contribution is 0.195. The standard InChI is InChI=1S/C15H21F2N3O2/c1-10-4-5-19(2)6-7-20(10)15(21)18-11-8-12(16)14(22-3)13(17)9-11/h8-10H,4-7H2,1-3H3,(H,18,21). The number of likely N-dealkylation sites (N-methyl/N-ethyl adjacent to an activating group) is 1. The van der Waals surface area contributed by atoms with E-state index in [9.17, 15) is 13.6 Å². The molecule has 1 saturated heterocycles. The Labute approximate surface area is 128 Å². The van der Waals surface area contributed by atoms with Gasteiger partial charge < -0.3 is 19.9 Å². The Morgan fingerprint density at radius 3 is 2.50 bits per heavy atom. The monoisotopic (exact) mass is 313 g/mol. The lowest BCUT2D eigenvalue weighted by Gasteiger charge is -2.27. The second-order valence-corrected chi connectivity index (χ2v) is 5.54. The zero-order chi connectivity index (χ0) is 16.3. The first-order valence-electron chi connectivity index (χ1n) is 7.21. The molecule has 1 aromatic carbocycles. The van der Waals surface area contributed by atoms with Gasteiger partial charge in [0.05, 0.1) is 7.11 Å². The third-order valence-electron chi connectivity index (χ3n) is 3.90. The minimum Gasteiger partial charge on any atom is -0.491 e. The number of nitrogens with zero attached hydrogens (tertiary/aromatic N) is 2. The van der Waals surface area contributed by atoms with Crippen molar-refractivity contribution in [3.8, 4) is 5.75 Å². The van der Waals surface area contributed by atoms with E-state index in [0.29, 0.717) is 6.54 Å². The number of amides is 2. The summed E-state index contributed by atoms with van der Waals surface area (Å²) in [4.78, 5) is 16.2. The summed E-state index contributed by atoms with van der Waals surface area (Å²) in [5.41, 5.74) is 0.0746. The van der Waals surface area contributed by atoms with Crippen molar-refractivity contribution in [2.45, 2.75) is 19.4 Å². The normalized spacial score (nSPS) is 19.7. The van der Waals surface area contributed by atoms with Crippen molar-refractivity contribution in [1.82, 2.24) is 9.80 Å². The maximum Gasteiger partial charge on any atom is 0.322 e. The molecule has 2 amide bonds. The molecule has 1 aliphatic rings. The Morgan fingerprint density at radius 2 is 1.91 bits per heavy atom. The molecule has 0 aliphatic carbocycles. The Bertz CT molecular complexity index is 531. The highest BCUT2D eigenvalue weighted by Gasteiger charge is 2.24. The van der Waals surface area contributed by atoms with E-state index in [-0.39, 0.29) is 17.8 Å². The van der Waals surface area contributed by atoms with Gasteiger partial charge in [0.15, 0.2) is 17.4 Å². The van der Waals surface area contributed by atoms with E-state index in [1.165, 1.54) is 7.11 Å². The number of urea groups is 1. The van der Waals surface area contributed by atoms with Gasteiger partial charge in [0.25, 0.3) is 0 Å². The maximum absolute atomic E-state index is 13.7. The third-order valence-corrected chi connectivity index (χ3v) is 3.90. The highest BCUT2D eigenvalue weighted by molar-refractivity contribution is 5.89. The zero-order valence-electron chi connectivity index (χ0n) is 13.0. The van der Waals surface area contributed by atoms with Crippen molar-refractivity contribution >= 4 is 11.7 Å². The predicted molar refractivity (Wildman–Crippen MR) is 80.2 cm³/mol. The molecule has 0 aromatic heterocycles. The van der Waals surface area contributed by atoms with Gasteiger partial charge in [0.2, 0.25) is 0 Å². The molecule has 0 spiro atoms. The largest absolute Gasteiger partial charge is 0.491 e. The summed E-state index contributed by atoms with van der Waals surface area (Å²) in [7, 11) is 3.19. The minimum absolute atomic E-state index is 0.0675.